The van der Waals surface area contributed by atoms with E-state index < -0.39 is 0 Å². The Labute approximate surface area is 132 Å². The van der Waals surface area contributed by atoms with Crippen LogP contribution in [0.3, 0.4) is 0 Å². The first-order valence-corrected chi connectivity index (χ1v) is 7.51. The number of nitriles is 1. The van der Waals surface area contributed by atoms with Crippen LogP contribution >= 0.6 is 27.5 Å². The average Bonchev–Trinajstić information content (AvgIpc) is 2.47. The summed E-state index contributed by atoms with van der Waals surface area (Å²) >= 11 is 9.41. The van der Waals surface area contributed by atoms with E-state index in [9.17, 15) is 0 Å². The molecule has 0 radical (unpaired) electrons. The van der Waals surface area contributed by atoms with Gasteiger partial charge in [0.2, 0.25) is 0 Å². The van der Waals surface area contributed by atoms with E-state index in [4.69, 9.17) is 16.9 Å². The van der Waals surface area contributed by atoms with Gasteiger partial charge in [-0.3, -0.25) is 0 Å². The van der Waals surface area contributed by atoms with Gasteiger partial charge in [-0.05, 0) is 51.3 Å². The molecule has 0 aliphatic heterocycles. The summed E-state index contributed by atoms with van der Waals surface area (Å²) in [4.78, 5) is 2.14. The lowest BCUT2D eigenvalue weighted by molar-refractivity contribution is 0.919. The number of anilines is 1. The Morgan fingerprint density at radius 2 is 2.00 bits per heavy atom. The van der Waals surface area contributed by atoms with Crippen molar-refractivity contribution in [2.45, 2.75) is 12.4 Å². The van der Waals surface area contributed by atoms with Crippen LogP contribution in [0.15, 0.2) is 46.9 Å². The van der Waals surface area contributed by atoms with Gasteiger partial charge in [-0.2, -0.15) is 5.26 Å². The maximum absolute atomic E-state index is 8.93. The van der Waals surface area contributed by atoms with Gasteiger partial charge in [0.25, 0.3) is 0 Å². The van der Waals surface area contributed by atoms with E-state index >= 15 is 0 Å². The molecule has 0 atom stereocenters. The number of rotatable bonds is 4. The van der Waals surface area contributed by atoms with Crippen LogP contribution in [-0.2, 0) is 12.4 Å². The normalized spacial score (nSPS) is 10.1. The highest BCUT2D eigenvalue weighted by Crippen LogP contribution is 2.28. The van der Waals surface area contributed by atoms with Crippen molar-refractivity contribution in [1.82, 2.24) is 0 Å². The van der Waals surface area contributed by atoms with Crippen molar-refractivity contribution >= 4 is 33.2 Å². The van der Waals surface area contributed by atoms with Gasteiger partial charge in [-0.15, -0.1) is 11.6 Å². The van der Waals surface area contributed by atoms with Crippen LogP contribution < -0.4 is 4.90 Å². The maximum Gasteiger partial charge on any atom is 0.0991 e. The van der Waals surface area contributed by atoms with Gasteiger partial charge in [0, 0.05) is 23.9 Å². The van der Waals surface area contributed by atoms with Crippen LogP contribution in [0, 0.1) is 11.3 Å². The van der Waals surface area contributed by atoms with Crippen molar-refractivity contribution in [3.05, 3.63) is 63.6 Å². The minimum Gasteiger partial charge on any atom is -0.369 e. The van der Waals surface area contributed by atoms with Crippen molar-refractivity contribution in [2.24, 2.45) is 0 Å². The molecule has 0 aliphatic rings. The first-order valence-electron chi connectivity index (χ1n) is 6.18. The highest BCUT2D eigenvalue weighted by atomic mass is 79.9. The van der Waals surface area contributed by atoms with Crippen molar-refractivity contribution < 1.29 is 0 Å². The lowest BCUT2D eigenvalue weighted by atomic mass is 10.1. The highest BCUT2D eigenvalue weighted by Gasteiger charge is 2.07. The number of hydrogen-bond acceptors (Lipinski definition) is 2. The van der Waals surface area contributed by atoms with Gasteiger partial charge in [-0.25, -0.2) is 0 Å². The molecule has 0 saturated carbocycles. The van der Waals surface area contributed by atoms with E-state index in [2.05, 4.69) is 33.0 Å². The summed E-state index contributed by atoms with van der Waals surface area (Å²) in [6, 6.07) is 15.9. The third kappa shape index (κ3) is 3.53. The first kappa shape index (κ1) is 14.9. The third-order valence-electron chi connectivity index (χ3n) is 3.05. The van der Waals surface area contributed by atoms with Crippen LogP contribution in [0.5, 0.6) is 0 Å². The van der Waals surface area contributed by atoms with Gasteiger partial charge in [-0.1, -0.05) is 18.2 Å². The predicted octanol–water partition coefficient (Wildman–Crippen LogP) is 4.70. The van der Waals surface area contributed by atoms with E-state index in [-0.39, 0.29) is 0 Å². The standard InChI is InChI=1S/C16H14BrClN2/c1-20(11-14-4-2-3-13(7-14)10-19)16-6-5-12(9-18)8-15(16)17/h2-8H,9,11H2,1H3. The Balaban J connectivity index is 2.19. The average molecular weight is 350 g/mol. The monoisotopic (exact) mass is 348 g/mol. The Bertz CT molecular complexity index is 649. The van der Waals surface area contributed by atoms with Crippen LogP contribution in [0.25, 0.3) is 0 Å². The van der Waals surface area contributed by atoms with Gasteiger partial charge >= 0.3 is 0 Å². The van der Waals surface area contributed by atoms with E-state index in [1.165, 1.54) is 0 Å². The van der Waals surface area contributed by atoms with Crippen LogP contribution in [0.2, 0.25) is 0 Å². The summed E-state index contributed by atoms with van der Waals surface area (Å²) in [5, 5.41) is 8.93. The van der Waals surface area contributed by atoms with Gasteiger partial charge in [0.05, 0.1) is 17.3 Å². The van der Waals surface area contributed by atoms with Crippen LogP contribution in [0.4, 0.5) is 5.69 Å². The molecule has 2 nitrogen and oxygen atoms in total. The highest BCUT2D eigenvalue weighted by molar-refractivity contribution is 9.10. The Morgan fingerprint density at radius 1 is 1.20 bits per heavy atom. The van der Waals surface area contributed by atoms with E-state index in [1.807, 2.05) is 43.4 Å². The molecule has 0 aromatic heterocycles. The van der Waals surface area contributed by atoms with Gasteiger partial charge in [0.1, 0.15) is 0 Å². The zero-order chi connectivity index (χ0) is 14.5. The molecule has 0 heterocycles. The fourth-order valence-electron chi connectivity index (χ4n) is 2.04. The molecule has 0 unspecified atom stereocenters. The molecule has 0 aliphatic carbocycles. The molecule has 0 N–H and O–H groups in total. The zero-order valence-electron chi connectivity index (χ0n) is 11.1. The second-order valence-electron chi connectivity index (χ2n) is 4.59. The molecular weight excluding hydrogens is 336 g/mol. The smallest absolute Gasteiger partial charge is 0.0991 e. The SMILES string of the molecule is CN(Cc1cccc(C#N)c1)c1ccc(CCl)cc1Br. The summed E-state index contributed by atoms with van der Waals surface area (Å²) in [5.41, 5.74) is 3.98. The second-order valence-corrected chi connectivity index (χ2v) is 5.71. The van der Waals surface area contributed by atoms with Crippen molar-refractivity contribution in [1.29, 1.82) is 5.26 Å². The minimum atomic E-state index is 0.507. The fraction of sp³-hybridized carbons (Fsp3) is 0.188. The predicted molar refractivity (Wildman–Crippen MR) is 87.0 cm³/mol. The first-order chi connectivity index (χ1) is 9.63. The van der Waals surface area contributed by atoms with Gasteiger partial charge < -0.3 is 4.90 Å². The molecule has 102 valence electrons. The number of nitrogens with zero attached hydrogens (tertiary/aromatic N) is 2. The molecule has 0 fully saturated rings. The quantitative estimate of drug-likeness (QED) is 0.748. The lowest BCUT2D eigenvalue weighted by Gasteiger charge is -2.21. The largest absolute Gasteiger partial charge is 0.369 e. The topological polar surface area (TPSA) is 27.0 Å². The fourth-order valence-corrected chi connectivity index (χ4v) is 2.94. The lowest BCUT2D eigenvalue weighted by Crippen LogP contribution is -2.17. The van der Waals surface area contributed by atoms with Crippen molar-refractivity contribution in [3.8, 4) is 6.07 Å². The molecule has 2 rings (SSSR count). The molecular formula is C16H14BrClN2. The summed E-state index contributed by atoms with van der Waals surface area (Å²) in [7, 11) is 2.03. The van der Waals surface area contributed by atoms with Crippen molar-refractivity contribution in [3.63, 3.8) is 0 Å². The number of halogens is 2. The number of benzene rings is 2. The summed E-state index contributed by atoms with van der Waals surface area (Å²) in [5.74, 6) is 0.507. The van der Waals surface area contributed by atoms with Crippen LogP contribution in [0.1, 0.15) is 16.7 Å². The van der Waals surface area contributed by atoms with E-state index in [1.54, 1.807) is 0 Å². The van der Waals surface area contributed by atoms with Crippen molar-refractivity contribution in [2.75, 3.05) is 11.9 Å². The Hall–Kier alpha value is -1.50. The van der Waals surface area contributed by atoms with Gasteiger partial charge in [0.15, 0.2) is 0 Å². The Kier molecular flexibility index (Phi) is 5.05. The summed E-state index contributed by atoms with van der Waals surface area (Å²) < 4.78 is 1.02. The summed E-state index contributed by atoms with van der Waals surface area (Å²) in [6.45, 7) is 0.744. The second kappa shape index (κ2) is 6.78. The number of alkyl halides is 1. The molecule has 0 spiro atoms. The molecule has 0 bridgehead atoms. The molecule has 0 amide bonds. The minimum absolute atomic E-state index is 0.507. The molecule has 2 aromatic rings. The third-order valence-corrected chi connectivity index (χ3v) is 4.00. The molecule has 20 heavy (non-hydrogen) atoms. The van der Waals surface area contributed by atoms with E-state index in [0.717, 1.165) is 27.8 Å². The molecule has 0 saturated heterocycles. The zero-order valence-corrected chi connectivity index (χ0v) is 13.4. The Morgan fingerprint density at radius 3 is 2.65 bits per heavy atom. The molecule has 2 aromatic carbocycles. The number of hydrogen-bond donors (Lipinski definition) is 0. The summed E-state index contributed by atoms with van der Waals surface area (Å²) in [6.07, 6.45) is 0. The molecule has 4 heteroatoms. The van der Waals surface area contributed by atoms with Crippen LogP contribution in [-0.4, -0.2) is 7.05 Å². The van der Waals surface area contributed by atoms with E-state index in [0.29, 0.717) is 11.4 Å². The maximum atomic E-state index is 8.93.